The van der Waals surface area contributed by atoms with Crippen molar-refractivity contribution in [2.45, 2.75) is 12.3 Å². The number of alkyl halides is 3. The number of hydrogen-bond donors (Lipinski definition) is 2. The monoisotopic (exact) mass is 374 g/mol. The van der Waals surface area contributed by atoms with Gasteiger partial charge in [0.2, 0.25) is 0 Å². The molecule has 6 nitrogen and oxygen atoms in total. The van der Waals surface area contributed by atoms with E-state index in [1.807, 2.05) is 7.05 Å². The lowest BCUT2D eigenvalue weighted by molar-refractivity contribution is -0.136. The number of nitrogens with one attached hydrogen (secondary N) is 1. The SMILES string of the molecule is CN1CCN(C[C@H](O)CN(C)C(=O)Nc2ccccc2C(F)(F)F)CC1. The van der Waals surface area contributed by atoms with Gasteiger partial charge in [-0.05, 0) is 19.2 Å². The molecule has 0 radical (unpaired) electrons. The van der Waals surface area contributed by atoms with Crippen LogP contribution in [-0.4, -0.2) is 85.3 Å². The van der Waals surface area contributed by atoms with E-state index in [4.69, 9.17) is 0 Å². The fourth-order valence-corrected chi connectivity index (χ4v) is 2.84. The number of carbonyl (C=O) groups is 1. The molecule has 1 aromatic rings. The van der Waals surface area contributed by atoms with Gasteiger partial charge >= 0.3 is 12.2 Å². The van der Waals surface area contributed by atoms with E-state index in [9.17, 15) is 23.1 Å². The van der Waals surface area contributed by atoms with Crippen LogP contribution in [0.3, 0.4) is 0 Å². The third-order valence-electron chi connectivity index (χ3n) is 4.37. The first-order valence-corrected chi connectivity index (χ1v) is 8.44. The van der Waals surface area contributed by atoms with Crippen molar-refractivity contribution in [1.29, 1.82) is 0 Å². The van der Waals surface area contributed by atoms with Gasteiger partial charge in [0.25, 0.3) is 0 Å². The zero-order chi connectivity index (χ0) is 19.3. The highest BCUT2D eigenvalue weighted by Crippen LogP contribution is 2.34. The van der Waals surface area contributed by atoms with Crippen molar-refractivity contribution in [2.75, 3.05) is 58.7 Å². The maximum Gasteiger partial charge on any atom is 0.418 e. The summed E-state index contributed by atoms with van der Waals surface area (Å²) in [6.45, 7) is 3.95. The van der Waals surface area contributed by atoms with Gasteiger partial charge < -0.3 is 20.2 Å². The van der Waals surface area contributed by atoms with Gasteiger partial charge in [-0.25, -0.2) is 4.79 Å². The largest absolute Gasteiger partial charge is 0.418 e. The molecule has 0 spiro atoms. The molecule has 0 unspecified atom stereocenters. The van der Waals surface area contributed by atoms with Crippen molar-refractivity contribution >= 4 is 11.7 Å². The van der Waals surface area contributed by atoms with Crippen LogP contribution in [0.25, 0.3) is 0 Å². The van der Waals surface area contributed by atoms with Crippen LogP contribution in [0.5, 0.6) is 0 Å². The molecule has 1 fully saturated rings. The van der Waals surface area contributed by atoms with E-state index in [0.29, 0.717) is 6.54 Å². The maximum absolute atomic E-state index is 13.0. The van der Waals surface area contributed by atoms with Crippen LogP contribution in [0, 0.1) is 0 Å². The van der Waals surface area contributed by atoms with Crippen molar-refractivity contribution in [3.05, 3.63) is 29.8 Å². The molecular formula is C17H25F3N4O2. The number of nitrogens with zero attached hydrogens (tertiary/aromatic N) is 3. The topological polar surface area (TPSA) is 59.1 Å². The zero-order valence-corrected chi connectivity index (χ0v) is 15.0. The molecule has 0 aliphatic carbocycles. The van der Waals surface area contributed by atoms with Gasteiger partial charge in [0, 0.05) is 46.3 Å². The summed E-state index contributed by atoms with van der Waals surface area (Å²) < 4.78 is 39.0. The molecule has 1 saturated heterocycles. The Labute approximate surface area is 151 Å². The van der Waals surface area contributed by atoms with Crippen molar-refractivity contribution in [3.63, 3.8) is 0 Å². The number of likely N-dealkylation sites (N-methyl/N-ethyl adjacent to an activating group) is 2. The maximum atomic E-state index is 13.0. The van der Waals surface area contributed by atoms with Gasteiger partial charge in [0.05, 0.1) is 17.4 Å². The summed E-state index contributed by atoms with van der Waals surface area (Å²) in [7, 11) is 3.48. The van der Waals surface area contributed by atoms with Crippen LogP contribution in [0.15, 0.2) is 24.3 Å². The van der Waals surface area contributed by atoms with Gasteiger partial charge in [-0.3, -0.25) is 4.90 Å². The highest BCUT2D eigenvalue weighted by atomic mass is 19.4. The molecular weight excluding hydrogens is 349 g/mol. The number of aliphatic hydroxyl groups is 1. The number of urea groups is 1. The summed E-state index contributed by atoms with van der Waals surface area (Å²) >= 11 is 0. The fraction of sp³-hybridized carbons (Fsp3) is 0.588. The third-order valence-corrected chi connectivity index (χ3v) is 4.37. The van der Waals surface area contributed by atoms with Crippen molar-refractivity contribution in [2.24, 2.45) is 0 Å². The molecule has 1 aromatic carbocycles. The van der Waals surface area contributed by atoms with Crippen LogP contribution in [0.4, 0.5) is 23.7 Å². The van der Waals surface area contributed by atoms with E-state index in [2.05, 4.69) is 15.1 Å². The molecule has 2 amide bonds. The van der Waals surface area contributed by atoms with Crippen LogP contribution in [-0.2, 0) is 6.18 Å². The summed E-state index contributed by atoms with van der Waals surface area (Å²) in [5, 5.41) is 12.4. The van der Waals surface area contributed by atoms with E-state index >= 15 is 0 Å². The van der Waals surface area contributed by atoms with Crippen LogP contribution in [0.1, 0.15) is 5.56 Å². The Morgan fingerprint density at radius 1 is 1.27 bits per heavy atom. The molecule has 1 aliphatic heterocycles. The van der Waals surface area contributed by atoms with E-state index in [1.54, 1.807) is 0 Å². The van der Waals surface area contributed by atoms with Crippen molar-refractivity contribution in [1.82, 2.24) is 14.7 Å². The number of anilines is 1. The predicted molar refractivity (Wildman–Crippen MR) is 93.0 cm³/mol. The average Bonchev–Trinajstić information content (AvgIpc) is 2.56. The lowest BCUT2D eigenvalue weighted by atomic mass is 10.1. The Bertz CT molecular complexity index is 604. The number of piperazine rings is 1. The standard InChI is InChI=1S/C17H25F3N4O2/c1-22-7-9-24(10-8-22)12-13(25)11-23(2)16(26)21-15-6-4-3-5-14(15)17(18,19)20/h3-6,13,25H,7-12H2,1-2H3,(H,21,26)/t13-/m1/s1. The van der Waals surface area contributed by atoms with E-state index in [-0.39, 0.29) is 12.2 Å². The lowest BCUT2D eigenvalue weighted by Crippen LogP contribution is -2.49. The summed E-state index contributed by atoms with van der Waals surface area (Å²) in [6, 6.07) is 4.11. The fourth-order valence-electron chi connectivity index (χ4n) is 2.84. The van der Waals surface area contributed by atoms with Gasteiger partial charge in [0.1, 0.15) is 0 Å². The highest BCUT2D eigenvalue weighted by molar-refractivity contribution is 5.90. The number of β-amino-alcohol motifs (C(OH)–C–C–N with tert-alkyl or cyclic N) is 1. The molecule has 1 atom stereocenters. The van der Waals surface area contributed by atoms with Crippen molar-refractivity contribution in [3.8, 4) is 0 Å². The Morgan fingerprint density at radius 3 is 2.50 bits per heavy atom. The molecule has 2 rings (SSSR count). The Hall–Kier alpha value is -1.84. The first-order chi connectivity index (χ1) is 12.2. The number of para-hydroxylation sites is 1. The summed E-state index contributed by atoms with van der Waals surface area (Å²) in [4.78, 5) is 17.7. The second kappa shape index (κ2) is 8.70. The highest BCUT2D eigenvalue weighted by Gasteiger charge is 2.33. The van der Waals surface area contributed by atoms with Gasteiger partial charge in [0.15, 0.2) is 0 Å². The Balaban J connectivity index is 1.88. The smallest absolute Gasteiger partial charge is 0.390 e. The van der Waals surface area contributed by atoms with Gasteiger partial charge in [-0.1, -0.05) is 12.1 Å². The minimum absolute atomic E-state index is 0.0341. The van der Waals surface area contributed by atoms with Gasteiger partial charge in [-0.2, -0.15) is 13.2 Å². The molecule has 2 N–H and O–H groups in total. The second-order valence-electron chi connectivity index (χ2n) is 6.61. The second-order valence-corrected chi connectivity index (χ2v) is 6.61. The third kappa shape index (κ3) is 5.86. The van der Waals surface area contributed by atoms with Gasteiger partial charge in [-0.15, -0.1) is 0 Å². The molecule has 9 heteroatoms. The summed E-state index contributed by atoms with van der Waals surface area (Å²) in [5.41, 5.74) is -1.20. The molecule has 0 bridgehead atoms. The molecule has 1 heterocycles. The number of hydrogen-bond acceptors (Lipinski definition) is 4. The van der Waals surface area contributed by atoms with Crippen LogP contribution < -0.4 is 5.32 Å². The minimum Gasteiger partial charge on any atom is -0.390 e. The zero-order valence-electron chi connectivity index (χ0n) is 15.0. The van der Waals surface area contributed by atoms with Crippen LogP contribution >= 0.6 is 0 Å². The summed E-state index contributed by atoms with van der Waals surface area (Å²) in [6.07, 6.45) is -5.32. The number of benzene rings is 1. The molecule has 0 aromatic heterocycles. The molecule has 0 saturated carbocycles. The first kappa shape index (κ1) is 20.5. The van der Waals surface area contributed by atoms with E-state index in [0.717, 1.165) is 32.2 Å². The number of halogens is 3. The Kier molecular flexibility index (Phi) is 6.85. The molecule has 146 valence electrons. The molecule has 26 heavy (non-hydrogen) atoms. The van der Waals surface area contributed by atoms with E-state index in [1.165, 1.54) is 30.1 Å². The average molecular weight is 374 g/mol. The quantitative estimate of drug-likeness (QED) is 0.825. The minimum atomic E-state index is -4.55. The number of rotatable bonds is 5. The molecule has 1 aliphatic rings. The first-order valence-electron chi connectivity index (χ1n) is 8.44. The van der Waals surface area contributed by atoms with Crippen LogP contribution in [0.2, 0.25) is 0 Å². The van der Waals surface area contributed by atoms with E-state index < -0.39 is 23.9 Å². The normalized spacial score (nSPS) is 17.8. The lowest BCUT2D eigenvalue weighted by Gasteiger charge is -2.34. The Morgan fingerprint density at radius 2 is 1.88 bits per heavy atom. The summed E-state index contributed by atoms with van der Waals surface area (Å²) in [5.74, 6) is 0. The number of amides is 2. The number of aliphatic hydroxyl groups excluding tert-OH is 1. The number of carbonyl (C=O) groups excluding carboxylic acids is 1. The predicted octanol–water partition coefficient (Wildman–Crippen LogP) is 1.78. The van der Waals surface area contributed by atoms with Crippen molar-refractivity contribution < 1.29 is 23.1 Å².